The molecule has 0 aliphatic heterocycles. The van der Waals surface area contributed by atoms with Crippen molar-refractivity contribution in [3.63, 3.8) is 0 Å². The molecule has 20 heavy (non-hydrogen) atoms. The number of hydrogen-bond donors (Lipinski definition) is 2. The van der Waals surface area contributed by atoms with E-state index in [9.17, 15) is 9.59 Å². The normalized spacial score (nSPS) is 11.7. The lowest BCUT2D eigenvalue weighted by Gasteiger charge is -2.19. The third-order valence-electron chi connectivity index (χ3n) is 3.19. The van der Waals surface area contributed by atoms with Crippen molar-refractivity contribution < 1.29 is 9.59 Å². The number of carbonyl (C=O) groups excluding carboxylic acids is 2. The van der Waals surface area contributed by atoms with E-state index >= 15 is 0 Å². The first-order chi connectivity index (χ1) is 9.36. The molecule has 1 atom stereocenters. The van der Waals surface area contributed by atoms with Crippen molar-refractivity contribution in [2.75, 3.05) is 26.5 Å². The number of nitrogens with zero attached hydrogens (tertiary/aromatic N) is 1. The van der Waals surface area contributed by atoms with Crippen molar-refractivity contribution in [2.45, 2.75) is 26.3 Å². The second-order valence-electron chi connectivity index (χ2n) is 5.09. The van der Waals surface area contributed by atoms with Gasteiger partial charge in [0.05, 0.1) is 0 Å². The van der Waals surface area contributed by atoms with E-state index in [1.54, 1.807) is 32.1 Å². The van der Waals surface area contributed by atoms with Crippen LogP contribution in [0.1, 0.15) is 29.3 Å². The molecule has 0 bridgehead atoms. The Labute approximate surface area is 120 Å². The van der Waals surface area contributed by atoms with Crippen LogP contribution in [0.25, 0.3) is 0 Å². The number of nitrogens with one attached hydrogen (secondary N) is 2. The predicted molar refractivity (Wildman–Crippen MR) is 81.0 cm³/mol. The van der Waals surface area contributed by atoms with Crippen LogP contribution in [-0.4, -0.2) is 43.9 Å². The Hall–Kier alpha value is -2.04. The maximum Gasteiger partial charge on any atom is 0.251 e. The Balaban J connectivity index is 2.83. The number of rotatable bonds is 5. The molecule has 0 spiro atoms. The number of benzene rings is 1. The highest BCUT2D eigenvalue weighted by Gasteiger charge is 2.14. The zero-order chi connectivity index (χ0) is 15.3. The Morgan fingerprint density at radius 1 is 1.30 bits per heavy atom. The quantitative estimate of drug-likeness (QED) is 0.860. The van der Waals surface area contributed by atoms with Crippen LogP contribution < -0.4 is 10.6 Å². The number of hydrogen-bond acceptors (Lipinski definition) is 3. The third kappa shape index (κ3) is 3.98. The van der Waals surface area contributed by atoms with Gasteiger partial charge in [-0.15, -0.1) is 0 Å². The second-order valence-corrected chi connectivity index (χ2v) is 5.09. The lowest BCUT2D eigenvalue weighted by atomic mass is 10.0. The summed E-state index contributed by atoms with van der Waals surface area (Å²) in [6.45, 7) is 3.85. The van der Waals surface area contributed by atoms with Gasteiger partial charge in [-0.1, -0.05) is 6.07 Å². The fraction of sp³-hybridized carbons (Fsp3) is 0.467. The highest BCUT2D eigenvalue weighted by atomic mass is 16.2. The van der Waals surface area contributed by atoms with Crippen molar-refractivity contribution >= 4 is 17.5 Å². The number of amides is 2. The van der Waals surface area contributed by atoms with Crippen LogP contribution in [0.3, 0.4) is 0 Å². The summed E-state index contributed by atoms with van der Waals surface area (Å²) in [5.41, 5.74) is 2.41. The van der Waals surface area contributed by atoms with E-state index in [1.807, 2.05) is 26.0 Å². The molecule has 0 saturated carbocycles. The van der Waals surface area contributed by atoms with E-state index in [-0.39, 0.29) is 17.9 Å². The van der Waals surface area contributed by atoms with E-state index < -0.39 is 0 Å². The summed E-state index contributed by atoms with van der Waals surface area (Å²) in [6.07, 6.45) is 0.413. The molecule has 0 aliphatic rings. The maximum atomic E-state index is 11.7. The summed E-state index contributed by atoms with van der Waals surface area (Å²) in [5.74, 6) is -0.0340. The minimum absolute atomic E-state index is 0.00328. The second kappa shape index (κ2) is 6.93. The molecule has 0 aliphatic carbocycles. The number of carbonyl (C=O) groups is 2. The third-order valence-corrected chi connectivity index (χ3v) is 3.19. The van der Waals surface area contributed by atoms with E-state index in [0.29, 0.717) is 12.0 Å². The van der Waals surface area contributed by atoms with Gasteiger partial charge in [-0.25, -0.2) is 0 Å². The Morgan fingerprint density at radius 2 is 1.95 bits per heavy atom. The van der Waals surface area contributed by atoms with Crippen LogP contribution in [0, 0.1) is 6.92 Å². The average molecular weight is 277 g/mol. The molecule has 0 fully saturated rings. The van der Waals surface area contributed by atoms with Gasteiger partial charge < -0.3 is 15.5 Å². The van der Waals surface area contributed by atoms with Gasteiger partial charge in [-0.05, 0) is 31.5 Å². The summed E-state index contributed by atoms with van der Waals surface area (Å²) >= 11 is 0. The van der Waals surface area contributed by atoms with E-state index in [4.69, 9.17) is 0 Å². The molecular weight excluding hydrogens is 254 g/mol. The van der Waals surface area contributed by atoms with Gasteiger partial charge in [0.25, 0.3) is 5.91 Å². The molecule has 5 heteroatoms. The molecule has 1 aromatic rings. The Bertz CT molecular complexity index is 498. The average Bonchev–Trinajstić information content (AvgIpc) is 2.40. The van der Waals surface area contributed by atoms with Gasteiger partial charge >= 0.3 is 0 Å². The van der Waals surface area contributed by atoms with E-state index in [1.165, 1.54) is 0 Å². The molecule has 0 saturated heterocycles. The minimum atomic E-state index is -0.108. The molecule has 0 radical (unpaired) electrons. The van der Waals surface area contributed by atoms with Crippen LogP contribution >= 0.6 is 0 Å². The Kier molecular flexibility index (Phi) is 5.55. The van der Waals surface area contributed by atoms with Crippen molar-refractivity contribution in [2.24, 2.45) is 0 Å². The van der Waals surface area contributed by atoms with Gasteiger partial charge in [0.2, 0.25) is 5.91 Å². The highest BCUT2D eigenvalue weighted by Crippen LogP contribution is 2.20. The van der Waals surface area contributed by atoms with E-state index in [2.05, 4.69) is 10.6 Å². The largest absolute Gasteiger partial charge is 0.382 e. The van der Waals surface area contributed by atoms with E-state index in [0.717, 1.165) is 11.3 Å². The van der Waals surface area contributed by atoms with Gasteiger partial charge in [-0.2, -0.15) is 0 Å². The zero-order valence-corrected chi connectivity index (χ0v) is 12.8. The molecule has 0 heterocycles. The lowest BCUT2D eigenvalue weighted by Crippen LogP contribution is -2.29. The first-order valence-electron chi connectivity index (χ1n) is 6.65. The molecule has 2 N–H and O–H groups in total. The fourth-order valence-electron chi connectivity index (χ4n) is 1.93. The van der Waals surface area contributed by atoms with Gasteiger partial charge in [0.15, 0.2) is 0 Å². The van der Waals surface area contributed by atoms with Crippen molar-refractivity contribution in [1.29, 1.82) is 0 Å². The molecule has 1 rings (SSSR count). The summed E-state index contributed by atoms with van der Waals surface area (Å²) in [7, 11) is 5.10. The fourth-order valence-corrected chi connectivity index (χ4v) is 1.93. The standard InChI is InChI=1S/C15H23N3O2/c1-10(9-14(19)18(4)5)17-13-8-6-7-12(11(13)2)15(20)16-3/h6-8,10,17H,9H2,1-5H3,(H,16,20). The molecule has 1 aromatic carbocycles. The smallest absolute Gasteiger partial charge is 0.251 e. The molecular formula is C15H23N3O2. The van der Waals surface area contributed by atoms with Gasteiger partial charge in [0, 0.05) is 44.9 Å². The predicted octanol–water partition coefficient (Wildman–Crippen LogP) is 1.63. The zero-order valence-electron chi connectivity index (χ0n) is 12.8. The maximum absolute atomic E-state index is 11.7. The topological polar surface area (TPSA) is 61.4 Å². The van der Waals surface area contributed by atoms with Gasteiger partial charge in [0.1, 0.15) is 0 Å². The summed E-state index contributed by atoms with van der Waals surface area (Å²) in [4.78, 5) is 25.0. The van der Waals surface area contributed by atoms with Crippen LogP contribution in [0.4, 0.5) is 5.69 Å². The van der Waals surface area contributed by atoms with Crippen molar-refractivity contribution in [1.82, 2.24) is 10.2 Å². The Morgan fingerprint density at radius 3 is 2.50 bits per heavy atom. The van der Waals surface area contributed by atoms with Gasteiger partial charge in [-0.3, -0.25) is 9.59 Å². The van der Waals surface area contributed by atoms with Crippen LogP contribution in [0.15, 0.2) is 18.2 Å². The van der Waals surface area contributed by atoms with Crippen LogP contribution in [0.2, 0.25) is 0 Å². The van der Waals surface area contributed by atoms with Crippen molar-refractivity contribution in [3.05, 3.63) is 29.3 Å². The summed E-state index contributed by atoms with van der Waals surface area (Å²) in [5, 5.41) is 5.91. The summed E-state index contributed by atoms with van der Waals surface area (Å²) < 4.78 is 0. The number of anilines is 1. The SMILES string of the molecule is CNC(=O)c1cccc(NC(C)CC(=O)N(C)C)c1C. The van der Waals surface area contributed by atoms with Crippen LogP contribution in [0.5, 0.6) is 0 Å². The van der Waals surface area contributed by atoms with Crippen molar-refractivity contribution in [3.8, 4) is 0 Å². The molecule has 0 aromatic heterocycles. The lowest BCUT2D eigenvalue weighted by molar-refractivity contribution is -0.128. The molecule has 110 valence electrons. The molecule has 2 amide bonds. The highest BCUT2D eigenvalue weighted by molar-refractivity contribution is 5.96. The minimum Gasteiger partial charge on any atom is -0.382 e. The first kappa shape index (κ1) is 16.0. The summed E-state index contributed by atoms with van der Waals surface area (Å²) in [6, 6.07) is 5.54. The molecule has 1 unspecified atom stereocenters. The monoisotopic (exact) mass is 277 g/mol. The molecule has 5 nitrogen and oxygen atoms in total. The first-order valence-corrected chi connectivity index (χ1v) is 6.65. The van der Waals surface area contributed by atoms with Crippen LogP contribution in [-0.2, 0) is 4.79 Å².